The molecule has 1 saturated heterocycles. The summed E-state index contributed by atoms with van der Waals surface area (Å²) < 4.78 is 5.59. The Labute approximate surface area is 142 Å². The van der Waals surface area contributed by atoms with Crippen molar-refractivity contribution in [3.05, 3.63) is 16.1 Å². The lowest BCUT2D eigenvalue weighted by molar-refractivity contribution is -0.133. The van der Waals surface area contributed by atoms with Gasteiger partial charge in [0.2, 0.25) is 5.91 Å². The molecule has 7 heteroatoms. The second kappa shape index (κ2) is 9.32. The summed E-state index contributed by atoms with van der Waals surface area (Å²) in [6.45, 7) is 9.58. The van der Waals surface area contributed by atoms with Crippen LogP contribution < -0.4 is 5.73 Å². The lowest BCUT2D eigenvalue weighted by atomic mass is 10.2. The molecule has 1 unspecified atom stereocenters. The fourth-order valence-corrected chi connectivity index (χ4v) is 3.51. The molecule has 23 heavy (non-hydrogen) atoms. The Morgan fingerprint density at radius 1 is 1.43 bits per heavy atom. The molecule has 2 N–H and O–H groups in total. The van der Waals surface area contributed by atoms with Gasteiger partial charge < -0.3 is 15.4 Å². The number of ether oxygens (including phenoxy) is 1. The van der Waals surface area contributed by atoms with E-state index in [4.69, 9.17) is 10.5 Å². The second-order valence-electron chi connectivity index (χ2n) is 5.82. The summed E-state index contributed by atoms with van der Waals surface area (Å²) >= 11 is 1.66. The van der Waals surface area contributed by atoms with Crippen LogP contribution in [0.15, 0.2) is 5.38 Å². The molecule has 1 aliphatic rings. The number of amides is 1. The van der Waals surface area contributed by atoms with Crippen LogP contribution in [0.3, 0.4) is 0 Å². The maximum atomic E-state index is 12.0. The minimum atomic E-state index is 0.0655. The minimum absolute atomic E-state index is 0.0655. The Hall–Kier alpha value is -1.02. The van der Waals surface area contributed by atoms with E-state index < -0.39 is 0 Å². The van der Waals surface area contributed by atoms with Crippen LogP contribution in [-0.2, 0) is 16.1 Å². The molecular formula is C16H28N4O2S. The van der Waals surface area contributed by atoms with Crippen molar-refractivity contribution in [3.8, 4) is 0 Å². The van der Waals surface area contributed by atoms with E-state index in [2.05, 4.69) is 15.3 Å². The van der Waals surface area contributed by atoms with Crippen LogP contribution in [0.1, 0.15) is 43.5 Å². The molecule has 0 spiro atoms. The number of carbonyl (C=O) groups excluding carboxylic acids is 1. The van der Waals surface area contributed by atoms with E-state index in [0.29, 0.717) is 19.6 Å². The van der Waals surface area contributed by atoms with E-state index in [1.807, 2.05) is 18.7 Å². The highest BCUT2D eigenvalue weighted by Crippen LogP contribution is 2.22. The molecule has 1 atom stereocenters. The van der Waals surface area contributed by atoms with Gasteiger partial charge in [-0.3, -0.25) is 9.69 Å². The van der Waals surface area contributed by atoms with Crippen molar-refractivity contribution in [1.29, 1.82) is 0 Å². The maximum Gasteiger partial charge on any atom is 0.222 e. The van der Waals surface area contributed by atoms with E-state index in [-0.39, 0.29) is 12.0 Å². The predicted molar refractivity (Wildman–Crippen MR) is 92.3 cm³/mol. The molecule has 1 fully saturated rings. The third kappa shape index (κ3) is 5.53. The molecule has 1 aromatic rings. The van der Waals surface area contributed by atoms with Crippen molar-refractivity contribution >= 4 is 17.2 Å². The zero-order valence-electron chi connectivity index (χ0n) is 14.2. The summed E-state index contributed by atoms with van der Waals surface area (Å²) in [5.74, 6) is 0.233. The average molecular weight is 340 g/mol. The van der Waals surface area contributed by atoms with Gasteiger partial charge in [0.15, 0.2) is 0 Å². The number of nitrogens with two attached hydrogens (primary N) is 1. The highest BCUT2D eigenvalue weighted by Gasteiger charge is 2.21. The zero-order chi connectivity index (χ0) is 16.7. The topological polar surface area (TPSA) is 71.7 Å². The predicted octanol–water partition coefficient (Wildman–Crippen LogP) is 1.62. The molecule has 1 aliphatic heterocycles. The molecule has 130 valence electrons. The summed E-state index contributed by atoms with van der Waals surface area (Å²) in [4.78, 5) is 21.0. The number of hydrogen-bond acceptors (Lipinski definition) is 6. The van der Waals surface area contributed by atoms with Crippen molar-refractivity contribution in [2.75, 3.05) is 39.3 Å². The first-order chi connectivity index (χ1) is 11.1. The van der Waals surface area contributed by atoms with Gasteiger partial charge >= 0.3 is 0 Å². The van der Waals surface area contributed by atoms with Gasteiger partial charge in [0.25, 0.3) is 0 Å². The number of piperazine rings is 1. The molecule has 2 heterocycles. The second-order valence-corrected chi connectivity index (χ2v) is 6.71. The number of aromatic nitrogens is 1. The van der Waals surface area contributed by atoms with Gasteiger partial charge in [-0.25, -0.2) is 4.98 Å². The molecule has 1 aromatic heterocycles. The first-order valence-electron chi connectivity index (χ1n) is 8.40. The normalized spacial score (nSPS) is 17.4. The minimum Gasteiger partial charge on any atom is -0.372 e. The van der Waals surface area contributed by atoms with E-state index in [1.165, 1.54) is 0 Å². The molecule has 0 bridgehead atoms. The van der Waals surface area contributed by atoms with Gasteiger partial charge in [-0.15, -0.1) is 11.3 Å². The van der Waals surface area contributed by atoms with Crippen LogP contribution in [-0.4, -0.2) is 60.0 Å². The first kappa shape index (κ1) is 18.3. The lowest BCUT2D eigenvalue weighted by Crippen LogP contribution is -2.48. The highest BCUT2D eigenvalue weighted by atomic mass is 32.1. The van der Waals surface area contributed by atoms with Crippen LogP contribution in [0.2, 0.25) is 0 Å². The number of thiazole rings is 1. The van der Waals surface area contributed by atoms with E-state index in [9.17, 15) is 4.79 Å². The molecular weight excluding hydrogens is 312 g/mol. The summed E-state index contributed by atoms with van der Waals surface area (Å²) in [6, 6.07) is 0. The van der Waals surface area contributed by atoms with Crippen LogP contribution in [0, 0.1) is 0 Å². The van der Waals surface area contributed by atoms with E-state index in [1.54, 1.807) is 11.3 Å². The molecule has 0 aliphatic carbocycles. The largest absolute Gasteiger partial charge is 0.372 e. The van der Waals surface area contributed by atoms with Gasteiger partial charge in [-0.05, 0) is 26.8 Å². The zero-order valence-corrected chi connectivity index (χ0v) is 15.0. The van der Waals surface area contributed by atoms with E-state index in [0.717, 1.165) is 49.8 Å². The van der Waals surface area contributed by atoms with Gasteiger partial charge in [0, 0.05) is 51.1 Å². The van der Waals surface area contributed by atoms with Gasteiger partial charge in [0.1, 0.15) is 11.1 Å². The highest BCUT2D eigenvalue weighted by molar-refractivity contribution is 7.09. The molecule has 2 rings (SSSR count). The van der Waals surface area contributed by atoms with Crippen molar-refractivity contribution in [1.82, 2.24) is 14.8 Å². The van der Waals surface area contributed by atoms with Gasteiger partial charge in [0.05, 0.1) is 5.69 Å². The Morgan fingerprint density at radius 2 is 2.17 bits per heavy atom. The summed E-state index contributed by atoms with van der Waals surface area (Å²) in [6.07, 6.45) is 1.41. The summed E-state index contributed by atoms with van der Waals surface area (Å²) in [5, 5.41) is 3.15. The monoisotopic (exact) mass is 340 g/mol. The Morgan fingerprint density at radius 3 is 2.83 bits per heavy atom. The molecule has 0 aromatic carbocycles. The lowest BCUT2D eigenvalue weighted by Gasteiger charge is -2.34. The van der Waals surface area contributed by atoms with Crippen LogP contribution in [0.4, 0.5) is 0 Å². The van der Waals surface area contributed by atoms with Crippen LogP contribution in [0.5, 0.6) is 0 Å². The van der Waals surface area contributed by atoms with Crippen molar-refractivity contribution in [3.63, 3.8) is 0 Å². The smallest absolute Gasteiger partial charge is 0.222 e. The van der Waals surface area contributed by atoms with Crippen molar-refractivity contribution in [2.24, 2.45) is 5.73 Å². The van der Waals surface area contributed by atoms with Crippen molar-refractivity contribution < 1.29 is 9.53 Å². The fraction of sp³-hybridized carbons (Fsp3) is 0.750. The fourth-order valence-electron chi connectivity index (χ4n) is 2.70. The first-order valence-corrected chi connectivity index (χ1v) is 9.28. The van der Waals surface area contributed by atoms with Gasteiger partial charge in [-0.1, -0.05) is 0 Å². The number of carbonyl (C=O) groups is 1. The quantitative estimate of drug-likeness (QED) is 0.779. The number of rotatable bonds is 8. The Kier molecular flexibility index (Phi) is 7.42. The summed E-state index contributed by atoms with van der Waals surface area (Å²) in [5.41, 5.74) is 6.56. The molecule has 6 nitrogen and oxygen atoms in total. The van der Waals surface area contributed by atoms with Crippen LogP contribution >= 0.6 is 11.3 Å². The third-order valence-electron chi connectivity index (χ3n) is 4.04. The molecule has 0 radical (unpaired) electrons. The molecule has 0 saturated carbocycles. The van der Waals surface area contributed by atoms with E-state index >= 15 is 0 Å². The Balaban J connectivity index is 1.77. The standard InChI is InChI=1S/C16H28N4O2S/c1-3-22-13(2)16-18-14(12-23-16)11-19-7-9-20(10-8-19)15(21)5-4-6-17/h12-13H,3-11,17H2,1-2H3. The van der Waals surface area contributed by atoms with Crippen molar-refractivity contribution in [2.45, 2.75) is 39.3 Å². The average Bonchev–Trinajstić information content (AvgIpc) is 3.02. The third-order valence-corrected chi connectivity index (χ3v) is 5.09. The SMILES string of the molecule is CCOC(C)c1nc(CN2CCN(C(=O)CCCN)CC2)cs1. The molecule has 1 amide bonds. The number of nitrogens with zero attached hydrogens (tertiary/aromatic N) is 3. The van der Waals surface area contributed by atoms with Gasteiger partial charge in [-0.2, -0.15) is 0 Å². The Bertz CT molecular complexity index is 486. The number of hydrogen-bond donors (Lipinski definition) is 1. The summed E-state index contributed by atoms with van der Waals surface area (Å²) in [7, 11) is 0. The van der Waals surface area contributed by atoms with Crippen LogP contribution in [0.25, 0.3) is 0 Å². The maximum absolute atomic E-state index is 12.0.